The smallest absolute Gasteiger partial charge is 0.0862 e. The average molecular weight is 254 g/mol. The van der Waals surface area contributed by atoms with Crippen LogP contribution in [0.25, 0.3) is 0 Å². The van der Waals surface area contributed by atoms with Crippen molar-refractivity contribution >= 4 is 5.69 Å². The molecule has 2 heterocycles. The Balaban J connectivity index is 1.85. The highest BCUT2D eigenvalue weighted by Crippen LogP contribution is 2.23. The van der Waals surface area contributed by atoms with Gasteiger partial charge in [0.15, 0.2) is 0 Å². The van der Waals surface area contributed by atoms with E-state index < -0.39 is 6.10 Å². The highest BCUT2D eigenvalue weighted by atomic mass is 16.3. The van der Waals surface area contributed by atoms with E-state index in [2.05, 4.69) is 16.9 Å². The number of nitrogen functional groups attached to an aromatic ring is 1. The Morgan fingerprint density at radius 1 is 1.56 bits per heavy atom. The van der Waals surface area contributed by atoms with Crippen molar-refractivity contribution in [2.75, 3.05) is 25.4 Å². The fraction of sp³-hybridized carbons (Fsp3) is 0.750. The largest absolute Gasteiger partial charge is 0.396 e. The second-order valence-corrected chi connectivity index (χ2v) is 5.16. The number of hydrogen-bond donors (Lipinski definition) is 3. The van der Waals surface area contributed by atoms with Crippen LogP contribution in [0.2, 0.25) is 0 Å². The van der Waals surface area contributed by atoms with E-state index >= 15 is 0 Å². The quantitative estimate of drug-likeness (QED) is 0.661. The monoisotopic (exact) mass is 254 g/mol. The molecule has 1 aliphatic heterocycles. The zero-order valence-corrected chi connectivity index (χ0v) is 10.7. The van der Waals surface area contributed by atoms with Crippen molar-refractivity contribution < 1.29 is 10.2 Å². The summed E-state index contributed by atoms with van der Waals surface area (Å²) < 4.78 is 1.65. The summed E-state index contributed by atoms with van der Waals surface area (Å²) in [5.74, 6) is 0.488. The van der Waals surface area contributed by atoms with Gasteiger partial charge in [0.1, 0.15) is 0 Å². The molecule has 1 aliphatic rings. The van der Waals surface area contributed by atoms with E-state index in [0.717, 1.165) is 13.0 Å². The van der Waals surface area contributed by atoms with Crippen molar-refractivity contribution in [1.82, 2.24) is 14.7 Å². The first-order valence-electron chi connectivity index (χ1n) is 6.41. The van der Waals surface area contributed by atoms with Gasteiger partial charge in [-0.3, -0.25) is 9.58 Å². The van der Waals surface area contributed by atoms with Crippen LogP contribution in [-0.2, 0) is 6.54 Å². The predicted octanol–water partition coefficient (Wildman–Crippen LogP) is -0.471. The molecule has 18 heavy (non-hydrogen) atoms. The standard InChI is InChI=1S/C12H22N4O2/c1-9-2-3-15(12(9)8-17)6-11(18)7-16-5-10(13)4-14-16/h4-5,9,11-12,17-18H,2-3,6-8,13H2,1H3. The molecular formula is C12H22N4O2. The molecule has 0 aliphatic carbocycles. The minimum atomic E-state index is -0.497. The van der Waals surface area contributed by atoms with Crippen molar-refractivity contribution in [3.63, 3.8) is 0 Å². The number of aromatic nitrogens is 2. The lowest BCUT2D eigenvalue weighted by Crippen LogP contribution is -2.41. The van der Waals surface area contributed by atoms with Gasteiger partial charge in [0.2, 0.25) is 0 Å². The van der Waals surface area contributed by atoms with Crippen LogP contribution in [0.4, 0.5) is 5.69 Å². The molecule has 6 nitrogen and oxygen atoms in total. The Labute approximate surface area is 107 Å². The summed E-state index contributed by atoms with van der Waals surface area (Å²) in [6, 6.07) is 0.169. The first-order valence-corrected chi connectivity index (χ1v) is 6.41. The third-order valence-electron chi connectivity index (χ3n) is 3.68. The van der Waals surface area contributed by atoms with Gasteiger partial charge in [-0.1, -0.05) is 6.92 Å². The van der Waals surface area contributed by atoms with Crippen molar-refractivity contribution in [3.8, 4) is 0 Å². The number of β-amino-alcohol motifs (C(OH)–C–C–N with tert-alkyl or cyclic N) is 1. The second kappa shape index (κ2) is 5.69. The van der Waals surface area contributed by atoms with E-state index in [1.807, 2.05) is 0 Å². The Morgan fingerprint density at radius 3 is 2.94 bits per heavy atom. The van der Waals surface area contributed by atoms with Gasteiger partial charge in [-0.05, 0) is 18.9 Å². The van der Waals surface area contributed by atoms with Gasteiger partial charge in [0.05, 0.1) is 31.1 Å². The van der Waals surface area contributed by atoms with Gasteiger partial charge in [-0.2, -0.15) is 5.10 Å². The molecule has 3 unspecified atom stereocenters. The summed E-state index contributed by atoms with van der Waals surface area (Å²) in [4.78, 5) is 2.15. The Hall–Kier alpha value is -1.11. The van der Waals surface area contributed by atoms with Crippen molar-refractivity contribution in [2.45, 2.75) is 32.0 Å². The van der Waals surface area contributed by atoms with Crippen molar-refractivity contribution in [1.29, 1.82) is 0 Å². The minimum absolute atomic E-state index is 0.155. The van der Waals surface area contributed by atoms with Gasteiger partial charge in [-0.25, -0.2) is 0 Å². The van der Waals surface area contributed by atoms with E-state index in [1.165, 1.54) is 0 Å². The van der Waals surface area contributed by atoms with Crippen LogP contribution in [0.5, 0.6) is 0 Å². The molecule has 1 saturated heterocycles. The Kier molecular flexibility index (Phi) is 4.21. The molecule has 102 valence electrons. The lowest BCUT2D eigenvalue weighted by Gasteiger charge is -2.27. The molecular weight excluding hydrogens is 232 g/mol. The summed E-state index contributed by atoms with van der Waals surface area (Å²) in [5.41, 5.74) is 6.17. The number of nitrogens with zero attached hydrogens (tertiary/aromatic N) is 3. The number of hydrogen-bond acceptors (Lipinski definition) is 5. The van der Waals surface area contributed by atoms with E-state index in [9.17, 15) is 10.2 Å². The molecule has 0 bridgehead atoms. The van der Waals surface area contributed by atoms with Crippen LogP contribution in [0.3, 0.4) is 0 Å². The van der Waals surface area contributed by atoms with Crippen LogP contribution in [-0.4, -0.2) is 56.7 Å². The number of anilines is 1. The Morgan fingerprint density at radius 2 is 2.33 bits per heavy atom. The zero-order chi connectivity index (χ0) is 13.1. The molecule has 4 N–H and O–H groups in total. The predicted molar refractivity (Wildman–Crippen MR) is 68.9 cm³/mol. The number of likely N-dealkylation sites (tertiary alicyclic amines) is 1. The summed E-state index contributed by atoms with van der Waals surface area (Å²) in [7, 11) is 0. The van der Waals surface area contributed by atoms with E-state index in [4.69, 9.17) is 5.73 Å². The third kappa shape index (κ3) is 3.01. The highest BCUT2D eigenvalue weighted by Gasteiger charge is 2.31. The SMILES string of the molecule is CC1CCN(CC(O)Cn2cc(N)cn2)C1CO. The first kappa shape index (κ1) is 13.3. The molecule has 6 heteroatoms. The number of nitrogens with two attached hydrogens (primary N) is 1. The van der Waals surface area contributed by atoms with E-state index in [1.54, 1.807) is 17.1 Å². The second-order valence-electron chi connectivity index (χ2n) is 5.16. The fourth-order valence-corrected chi connectivity index (χ4v) is 2.63. The lowest BCUT2D eigenvalue weighted by molar-refractivity contribution is 0.0657. The molecule has 0 amide bonds. The topological polar surface area (TPSA) is 87.5 Å². The number of rotatable bonds is 5. The summed E-state index contributed by atoms with van der Waals surface area (Å²) >= 11 is 0. The minimum Gasteiger partial charge on any atom is -0.396 e. The Bertz CT molecular complexity index is 382. The van der Waals surface area contributed by atoms with E-state index in [0.29, 0.717) is 24.7 Å². The average Bonchev–Trinajstić information content (AvgIpc) is 2.86. The van der Waals surface area contributed by atoms with Gasteiger partial charge in [0.25, 0.3) is 0 Å². The normalized spacial score (nSPS) is 26.6. The lowest BCUT2D eigenvalue weighted by atomic mass is 10.0. The molecule has 1 aromatic rings. The maximum atomic E-state index is 10.0. The maximum Gasteiger partial charge on any atom is 0.0862 e. The number of aliphatic hydroxyl groups is 2. The van der Waals surface area contributed by atoms with Crippen LogP contribution >= 0.6 is 0 Å². The van der Waals surface area contributed by atoms with Crippen LogP contribution in [0.1, 0.15) is 13.3 Å². The first-order chi connectivity index (χ1) is 8.60. The zero-order valence-electron chi connectivity index (χ0n) is 10.7. The summed E-state index contributed by atoms with van der Waals surface area (Å²) in [6.07, 6.45) is 3.86. The summed E-state index contributed by atoms with van der Waals surface area (Å²) in [5, 5.41) is 23.5. The molecule has 0 saturated carbocycles. The highest BCUT2D eigenvalue weighted by molar-refractivity contribution is 5.30. The van der Waals surface area contributed by atoms with Crippen LogP contribution < -0.4 is 5.73 Å². The molecule has 0 radical (unpaired) electrons. The third-order valence-corrected chi connectivity index (χ3v) is 3.68. The summed E-state index contributed by atoms with van der Waals surface area (Å²) in [6.45, 7) is 4.23. The molecule has 1 aromatic heterocycles. The van der Waals surface area contributed by atoms with Crippen molar-refractivity contribution in [2.24, 2.45) is 5.92 Å². The maximum absolute atomic E-state index is 10.0. The molecule has 1 fully saturated rings. The fourth-order valence-electron chi connectivity index (χ4n) is 2.63. The number of aliphatic hydroxyl groups excluding tert-OH is 2. The molecule has 3 atom stereocenters. The molecule has 0 aromatic carbocycles. The molecule has 2 rings (SSSR count). The van der Waals surface area contributed by atoms with Gasteiger partial charge in [0, 0.05) is 18.8 Å². The molecule has 0 spiro atoms. The van der Waals surface area contributed by atoms with Crippen LogP contribution in [0.15, 0.2) is 12.4 Å². The van der Waals surface area contributed by atoms with Crippen molar-refractivity contribution in [3.05, 3.63) is 12.4 Å². The van der Waals surface area contributed by atoms with Gasteiger partial charge < -0.3 is 15.9 Å². The van der Waals surface area contributed by atoms with Crippen LogP contribution in [0, 0.1) is 5.92 Å². The van der Waals surface area contributed by atoms with Gasteiger partial charge in [-0.15, -0.1) is 0 Å². The van der Waals surface area contributed by atoms with E-state index in [-0.39, 0.29) is 12.6 Å². The van der Waals surface area contributed by atoms with Gasteiger partial charge >= 0.3 is 0 Å².